The van der Waals surface area contributed by atoms with E-state index in [0.29, 0.717) is 11.1 Å². The van der Waals surface area contributed by atoms with Crippen LogP contribution < -0.4 is 14.8 Å². The summed E-state index contributed by atoms with van der Waals surface area (Å²) >= 11 is 0. The molecular weight excluding hydrogens is 544 g/mol. The molecule has 210 valence electrons. The van der Waals surface area contributed by atoms with Crippen LogP contribution in [-0.4, -0.2) is 23.5 Å². The fraction of sp³-hybridized carbons (Fsp3) is 0.100. The van der Waals surface area contributed by atoms with Crippen LogP contribution >= 0.6 is 0 Å². The standard InChI is InChI=1S/C16H12F2N2O2.C14H10F2O3/c17-13-4-1-11(2-5-13)10-22-15-6-3-12(9-14(15)18)16(21)20-8-7-19;15-11-4-1-9(2-5-11)8-19-13-6-3-10(14(17)18)7-12(13)16/h1-6,9H,8,10H2,(H,20,21);1-7H,8H2,(H,17,18). The molecule has 11 heteroatoms. The van der Waals surface area contributed by atoms with Gasteiger partial charge >= 0.3 is 5.97 Å². The van der Waals surface area contributed by atoms with Gasteiger partial charge in [-0.25, -0.2) is 22.4 Å². The highest BCUT2D eigenvalue weighted by Gasteiger charge is 2.11. The average molecular weight is 567 g/mol. The van der Waals surface area contributed by atoms with Gasteiger partial charge in [-0.2, -0.15) is 5.26 Å². The Labute approximate surface area is 232 Å². The normalized spacial score (nSPS) is 10.0. The Morgan fingerprint density at radius 1 is 0.707 bits per heavy atom. The fourth-order valence-corrected chi connectivity index (χ4v) is 3.22. The van der Waals surface area contributed by atoms with Crippen molar-refractivity contribution in [3.05, 3.63) is 130 Å². The van der Waals surface area contributed by atoms with E-state index in [-0.39, 0.29) is 54.0 Å². The van der Waals surface area contributed by atoms with Gasteiger partial charge in [0.1, 0.15) is 31.4 Å². The number of ether oxygens (including phenoxy) is 2. The molecule has 0 aliphatic rings. The van der Waals surface area contributed by atoms with Crippen LogP contribution in [0.5, 0.6) is 11.5 Å². The van der Waals surface area contributed by atoms with E-state index in [1.54, 1.807) is 6.07 Å². The van der Waals surface area contributed by atoms with Crippen molar-refractivity contribution in [1.82, 2.24) is 5.32 Å². The Hall–Kier alpha value is -5.37. The highest BCUT2D eigenvalue weighted by Crippen LogP contribution is 2.21. The number of nitriles is 1. The first-order valence-corrected chi connectivity index (χ1v) is 11.9. The van der Waals surface area contributed by atoms with E-state index in [2.05, 4.69) is 5.32 Å². The van der Waals surface area contributed by atoms with Crippen LogP contribution in [0.2, 0.25) is 0 Å². The van der Waals surface area contributed by atoms with Gasteiger partial charge in [0.2, 0.25) is 0 Å². The Bertz CT molecular complexity index is 1540. The van der Waals surface area contributed by atoms with Gasteiger partial charge in [0, 0.05) is 5.56 Å². The quantitative estimate of drug-likeness (QED) is 0.189. The number of carboxylic acid groups (broad SMARTS) is 1. The van der Waals surface area contributed by atoms with Crippen molar-refractivity contribution in [2.45, 2.75) is 13.2 Å². The molecule has 2 N–H and O–H groups in total. The maximum atomic E-state index is 13.9. The number of carbonyl (C=O) groups excluding carboxylic acids is 1. The number of carboxylic acids is 1. The minimum atomic E-state index is -1.20. The number of carbonyl (C=O) groups is 2. The maximum Gasteiger partial charge on any atom is 0.335 e. The second kappa shape index (κ2) is 14.7. The lowest BCUT2D eigenvalue weighted by molar-refractivity contribution is 0.0696. The molecule has 4 rings (SSSR count). The van der Waals surface area contributed by atoms with Crippen molar-refractivity contribution in [3.8, 4) is 17.6 Å². The van der Waals surface area contributed by atoms with Gasteiger partial charge in [-0.1, -0.05) is 24.3 Å². The number of hydrogen-bond donors (Lipinski definition) is 2. The molecule has 0 fully saturated rings. The van der Waals surface area contributed by atoms with Crippen molar-refractivity contribution < 1.29 is 41.7 Å². The fourth-order valence-electron chi connectivity index (χ4n) is 3.22. The molecule has 0 radical (unpaired) electrons. The van der Waals surface area contributed by atoms with E-state index in [9.17, 15) is 27.2 Å². The zero-order valence-corrected chi connectivity index (χ0v) is 21.2. The van der Waals surface area contributed by atoms with Crippen LogP contribution in [0.25, 0.3) is 0 Å². The first-order valence-electron chi connectivity index (χ1n) is 11.9. The van der Waals surface area contributed by atoms with Gasteiger partial charge in [0.25, 0.3) is 5.91 Å². The summed E-state index contributed by atoms with van der Waals surface area (Å²) in [6, 6.07) is 20.2. The van der Waals surface area contributed by atoms with Crippen molar-refractivity contribution in [3.63, 3.8) is 0 Å². The van der Waals surface area contributed by atoms with Gasteiger partial charge in [-0.15, -0.1) is 0 Å². The summed E-state index contributed by atoms with van der Waals surface area (Å²) in [4.78, 5) is 22.2. The molecule has 0 aromatic heterocycles. The van der Waals surface area contributed by atoms with Gasteiger partial charge in [0.05, 0.1) is 11.6 Å². The summed E-state index contributed by atoms with van der Waals surface area (Å²) in [5.74, 6) is -3.96. The SMILES string of the molecule is N#CCNC(=O)c1ccc(OCc2ccc(F)cc2)c(F)c1.O=C(O)c1ccc(OCc2ccc(F)cc2)c(F)c1. The van der Waals surface area contributed by atoms with Crippen LogP contribution in [-0.2, 0) is 13.2 Å². The molecule has 0 atom stereocenters. The Morgan fingerprint density at radius 3 is 1.56 bits per heavy atom. The Balaban J connectivity index is 0.000000228. The third kappa shape index (κ3) is 9.40. The molecule has 0 aliphatic heterocycles. The van der Waals surface area contributed by atoms with Gasteiger partial charge in [0.15, 0.2) is 23.1 Å². The number of amides is 1. The number of hydrogen-bond acceptors (Lipinski definition) is 5. The van der Waals surface area contributed by atoms with E-state index < -0.39 is 23.5 Å². The summed E-state index contributed by atoms with van der Waals surface area (Å²) in [6.45, 7) is 0.00403. The van der Waals surface area contributed by atoms with Crippen molar-refractivity contribution in [2.24, 2.45) is 0 Å². The molecule has 0 saturated heterocycles. The van der Waals surface area contributed by atoms with E-state index in [1.165, 1.54) is 72.8 Å². The topological polar surface area (TPSA) is 109 Å². The molecular formula is C30H22F4N2O5. The van der Waals surface area contributed by atoms with Crippen LogP contribution in [0.15, 0.2) is 84.9 Å². The van der Waals surface area contributed by atoms with Crippen LogP contribution in [0.3, 0.4) is 0 Å². The first kappa shape index (κ1) is 30.2. The van der Waals surface area contributed by atoms with Crippen LogP contribution in [0.1, 0.15) is 31.8 Å². The summed E-state index contributed by atoms with van der Waals surface area (Å²) in [5.41, 5.74) is 1.33. The van der Waals surface area contributed by atoms with Crippen LogP contribution in [0.4, 0.5) is 17.6 Å². The van der Waals surface area contributed by atoms with Gasteiger partial charge < -0.3 is 19.9 Å². The minimum absolute atomic E-state index is 0.0128. The van der Waals surface area contributed by atoms with E-state index in [1.807, 2.05) is 0 Å². The molecule has 0 aliphatic carbocycles. The molecule has 0 spiro atoms. The lowest BCUT2D eigenvalue weighted by atomic mass is 10.2. The molecule has 4 aromatic rings. The molecule has 0 saturated carbocycles. The number of benzene rings is 4. The summed E-state index contributed by atoms with van der Waals surface area (Å²) in [6.07, 6.45) is 0. The second-order valence-electron chi connectivity index (χ2n) is 8.27. The third-order valence-corrected chi connectivity index (χ3v) is 5.32. The average Bonchev–Trinajstić information content (AvgIpc) is 2.96. The van der Waals surface area contributed by atoms with Crippen LogP contribution in [0, 0.1) is 34.6 Å². The zero-order valence-electron chi connectivity index (χ0n) is 21.2. The highest BCUT2D eigenvalue weighted by atomic mass is 19.1. The summed E-state index contributed by atoms with van der Waals surface area (Å²) in [5, 5.41) is 19.4. The number of rotatable bonds is 9. The van der Waals surface area contributed by atoms with E-state index >= 15 is 0 Å². The Kier molecular flexibility index (Phi) is 10.8. The summed E-state index contributed by atoms with van der Waals surface area (Å²) in [7, 11) is 0. The Morgan fingerprint density at radius 2 is 1.15 bits per heavy atom. The molecule has 0 heterocycles. The second-order valence-corrected chi connectivity index (χ2v) is 8.27. The van der Waals surface area contributed by atoms with Crippen molar-refractivity contribution in [2.75, 3.05) is 6.54 Å². The molecule has 0 bridgehead atoms. The number of nitrogens with zero attached hydrogens (tertiary/aromatic N) is 1. The van der Waals surface area contributed by atoms with Crippen molar-refractivity contribution in [1.29, 1.82) is 5.26 Å². The zero-order chi connectivity index (χ0) is 29.8. The minimum Gasteiger partial charge on any atom is -0.486 e. The number of nitrogens with one attached hydrogen (secondary N) is 1. The molecule has 7 nitrogen and oxygen atoms in total. The van der Waals surface area contributed by atoms with E-state index in [0.717, 1.165) is 12.1 Å². The molecule has 41 heavy (non-hydrogen) atoms. The van der Waals surface area contributed by atoms with E-state index in [4.69, 9.17) is 19.8 Å². The third-order valence-electron chi connectivity index (χ3n) is 5.32. The smallest absolute Gasteiger partial charge is 0.335 e. The molecule has 4 aromatic carbocycles. The lowest BCUT2D eigenvalue weighted by Gasteiger charge is -2.09. The molecule has 0 unspecified atom stereocenters. The van der Waals surface area contributed by atoms with Crippen molar-refractivity contribution >= 4 is 11.9 Å². The predicted molar refractivity (Wildman–Crippen MR) is 139 cm³/mol. The predicted octanol–water partition coefficient (Wildman–Crippen LogP) is 6.04. The van der Waals surface area contributed by atoms with Gasteiger partial charge in [-0.05, 0) is 71.8 Å². The first-order chi connectivity index (χ1) is 19.7. The largest absolute Gasteiger partial charge is 0.486 e. The molecule has 1 amide bonds. The maximum absolute atomic E-state index is 13.9. The highest BCUT2D eigenvalue weighted by molar-refractivity contribution is 5.94. The summed E-state index contributed by atoms with van der Waals surface area (Å²) < 4.78 is 63.3. The number of aromatic carboxylic acids is 1. The van der Waals surface area contributed by atoms with Gasteiger partial charge in [-0.3, -0.25) is 4.79 Å². The number of halogens is 4. The lowest BCUT2D eigenvalue weighted by Crippen LogP contribution is -2.23. The monoisotopic (exact) mass is 566 g/mol.